The molecule has 0 spiro atoms. The minimum Gasteiger partial charge on any atom is -0.378 e. The normalized spacial score (nSPS) is 22.6. The number of carbonyl (C=O) groups is 1. The molecule has 2 N–H and O–H groups in total. The summed E-state index contributed by atoms with van der Waals surface area (Å²) in [7, 11) is 0. The Labute approximate surface area is 199 Å². The molecule has 3 atom stereocenters. The van der Waals surface area contributed by atoms with Crippen molar-refractivity contribution in [3.63, 3.8) is 0 Å². The highest BCUT2D eigenvalue weighted by Gasteiger charge is 2.37. The molecule has 2 amide bonds. The number of halogens is 4. The second-order valence-electron chi connectivity index (χ2n) is 8.83. The molecule has 34 heavy (non-hydrogen) atoms. The van der Waals surface area contributed by atoms with Crippen LogP contribution in [0.3, 0.4) is 0 Å². The number of hydrogen-bond acceptors (Lipinski definition) is 6. The smallest absolute Gasteiger partial charge is 0.320 e. The summed E-state index contributed by atoms with van der Waals surface area (Å²) >= 11 is 6.13. The Kier molecular flexibility index (Phi) is 6.26. The van der Waals surface area contributed by atoms with Crippen molar-refractivity contribution in [1.82, 2.24) is 25.1 Å². The number of ether oxygens (including phenoxy) is 1. The number of hydrogen-bond donors (Lipinski definition) is 2. The Hall–Kier alpha value is -2.63. The summed E-state index contributed by atoms with van der Waals surface area (Å²) in [5.41, 5.74) is 0.707. The van der Waals surface area contributed by atoms with Gasteiger partial charge in [-0.3, -0.25) is 0 Å². The first kappa shape index (κ1) is 23.1. The molecule has 5 rings (SSSR count). The van der Waals surface area contributed by atoms with Crippen LogP contribution >= 0.6 is 11.6 Å². The molecule has 2 saturated heterocycles. The van der Waals surface area contributed by atoms with E-state index in [4.69, 9.17) is 16.3 Å². The minimum atomic E-state index is -2.92. The first-order valence-corrected chi connectivity index (χ1v) is 11.4. The average Bonchev–Trinajstić information content (AvgIpc) is 3.22. The van der Waals surface area contributed by atoms with Gasteiger partial charge in [0.25, 0.3) is 6.43 Å². The predicted molar refractivity (Wildman–Crippen MR) is 118 cm³/mol. The molecule has 0 saturated carbocycles. The van der Waals surface area contributed by atoms with Crippen molar-refractivity contribution in [3.05, 3.63) is 51.7 Å². The lowest BCUT2D eigenvalue weighted by Gasteiger charge is -2.43. The molecule has 3 aliphatic heterocycles. The highest BCUT2D eigenvalue weighted by atomic mass is 35.5. The van der Waals surface area contributed by atoms with Crippen LogP contribution in [-0.4, -0.2) is 64.2 Å². The van der Waals surface area contributed by atoms with Crippen LogP contribution in [0.5, 0.6) is 0 Å². The number of amides is 2. The number of nitrogens with zero attached hydrogens (tertiary/aromatic N) is 4. The van der Waals surface area contributed by atoms with Gasteiger partial charge in [0, 0.05) is 36.3 Å². The van der Waals surface area contributed by atoms with Crippen LogP contribution in [0, 0.1) is 5.82 Å². The summed E-state index contributed by atoms with van der Waals surface area (Å²) < 4.78 is 46.5. The van der Waals surface area contributed by atoms with E-state index < -0.39 is 23.8 Å². The molecule has 12 heteroatoms. The molecule has 2 fully saturated rings. The number of alkyl halides is 2. The van der Waals surface area contributed by atoms with Crippen LogP contribution in [0.15, 0.2) is 18.2 Å². The van der Waals surface area contributed by atoms with Crippen molar-refractivity contribution in [3.8, 4) is 0 Å². The first-order valence-electron chi connectivity index (χ1n) is 11.1. The average molecular weight is 497 g/mol. The first-order chi connectivity index (χ1) is 16.3. The number of fused-ring (bicyclic) bond motifs is 3. The van der Waals surface area contributed by atoms with E-state index >= 15 is 0 Å². The molecule has 8 nitrogen and oxygen atoms in total. The van der Waals surface area contributed by atoms with E-state index in [1.165, 1.54) is 12.1 Å². The Balaban J connectivity index is 1.34. The van der Waals surface area contributed by atoms with Gasteiger partial charge in [0.15, 0.2) is 0 Å². The lowest BCUT2D eigenvalue weighted by Crippen LogP contribution is -2.64. The van der Waals surface area contributed by atoms with E-state index in [-0.39, 0.29) is 42.1 Å². The molecule has 0 radical (unpaired) electrons. The summed E-state index contributed by atoms with van der Waals surface area (Å²) in [5, 5.41) is 6.51. The van der Waals surface area contributed by atoms with Crippen LogP contribution in [0.25, 0.3) is 0 Å². The van der Waals surface area contributed by atoms with E-state index in [2.05, 4.69) is 20.6 Å². The van der Waals surface area contributed by atoms with E-state index in [1.54, 1.807) is 11.8 Å². The van der Waals surface area contributed by atoms with Crippen molar-refractivity contribution < 1.29 is 22.7 Å². The third-order valence-electron chi connectivity index (χ3n) is 6.40. The number of morpholine rings is 1. The molecule has 0 aliphatic carbocycles. The highest BCUT2D eigenvalue weighted by Crippen LogP contribution is 2.33. The summed E-state index contributed by atoms with van der Waals surface area (Å²) in [5.74, 6) is -0.607. The number of anilines is 1. The summed E-state index contributed by atoms with van der Waals surface area (Å²) in [6.07, 6.45) is -2.92. The van der Waals surface area contributed by atoms with Gasteiger partial charge in [0.2, 0.25) is 5.28 Å². The number of urea groups is 1. The third-order valence-corrected chi connectivity index (χ3v) is 6.57. The molecule has 1 aromatic heterocycles. The third kappa shape index (κ3) is 4.39. The zero-order valence-corrected chi connectivity index (χ0v) is 19.2. The number of benzene rings is 1. The van der Waals surface area contributed by atoms with Gasteiger partial charge in [-0.1, -0.05) is 18.2 Å². The number of piperazine rings is 1. The van der Waals surface area contributed by atoms with Gasteiger partial charge in [-0.2, -0.15) is 0 Å². The standard InChI is InChI=1S/C22H24ClF3N6O2/c1-11(14-3-2-4-15(18(14)24)19(25)26)27-20-16-7-32(8-17(16)29-21(23)30-20)22(33)31-5-12-9-34-10-13(6-31)28-12/h2-4,11-13,19,28H,5-10H2,1H3,(H,27,29,30)/t11-,12?,13?/m1/s1. The van der Waals surface area contributed by atoms with E-state index in [0.717, 1.165) is 6.07 Å². The second-order valence-corrected chi connectivity index (χ2v) is 9.16. The topological polar surface area (TPSA) is 82.6 Å². The van der Waals surface area contributed by atoms with Gasteiger partial charge >= 0.3 is 6.03 Å². The van der Waals surface area contributed by atoms with Crippen molar-refractivity contribution in [2.24, 2.45) is 0 Å². The summed E-state index contributed by atoms with van der Waals surface area (Å²) in [6.45, 7) is 4.41. The fourth-order valence-corrected chi connectivity index (χ4v) is 4.98. The largest absolute Gasteiger partial charge is 0.378 e. The maximum absolute atomic E-state index is 14.6. The lowest BCUT2D eigenvalue weighted by atomic mass is 10.0. The molecular weight excluding hydrogens is 473 g/mol. The van der Waals surface area contributed by atoms with E-state index in [0.29, 0.717) is 43.4 Å². The number of rotatable bonds is 4. The zero-order valence-electron chi connectivity index (χ0n) is 18.4. The zero-order chi connectivity index (χ0) is 24.0. The molecule has 4 heterocycles. The molecule has 3 aliphatic rings. The molecule has 2 unspecified atom stereocenters. The van der Waals surface area contributed by atoms with Crippen molar-refractivity contribution in [2.75, 3.05) is 31.6 Å². The van der Waals surface area contributed by atoms with Crippen LogP contribution in [-0.2, 0) is 17.8 Å². The van der Waals surface area contributed by atoms with Gasteiger partial charge in [0.05, 0.1) is 43.6 Å². The van der Waals surface area contributed by atoms with Crippen LogP contribution < -0.4 is 10.6 Å². The SMILES string of the molecule is C[C@@H](Nc1nc(Cl)nc2c1CN(C(=O)N1CC3COCC(C1)N3)C2)c1cccc(C(F)F)c1F. The minimum absolute atomic E-state index is 0.0154. The van der Waals surface area contributed by atoms with Crippen LogP contribution in [0.1, 0.15) is 41.8 Å². The number of carbonyl (C=O) groups excluding carboxylic acids is 1. The maximum atomic E-state index is 14.6. The summed E-state index contributed by atoms with van der Waals surface area (Å²) in [6, 6.07) is 3.33. The highest BCUT2D eigenvalue weighted by molar-refractivity contribution is 6.28. The van der Waals surface area contributed by atoms with Gasteiger partial charge in [-0.15, -0.1) is 0 Å². The van der Waals surface area contributed by atoms with Crippen LogP contribution in [0.2, 0.25) is 5.28 Å². The van der Waals surface area contributed by atoms with Crippen molar-refractivity contribution in [1.29, 1.82) is 0 Å². The Morgan fingerprint density at radius 1 is 1.18 bits per heavy atom. The Morgan fingerprint density at radius 2 is 1.88 bits per heavy atom. The maximum Gasteiger partial charge on any atom is 0.320 e. The second kappa shape index (κ2) is 9.20. The van der Waals surface area contributed by atoms with Crippen LogP contribution in [0.4, 0.5) is 23.8 Å². The summed E-state index contributed by atoms with van der Waals surface area (Å²) in [4.78, 5) is 25.3. The molecule has 1 aromatic carbocycles. The predicted octanol–water partition coefficient (Wildman–Crippen LogP) is 3.49. The van der Waals surface area contributed by atoms with Gasteiger partial charge < -0.3 is 25.2 Å². The number of nitrogens with one attached hydrogen (secondary N) is 2. The molecule has 2 aromatic rings. The van der Waals surface area contributed by atoms with Gasteiger partial charge in [0.1, 0.15) is 11.6 Å². The molecular formula is C22H24ClF3N6O2. The Morgan fingerprint density at radius 3 is 2.59 bits per heavy atom. The fraction of sp³-hybridized carbons (Fsp3) is 0.500. The molecule has 2 bridgehead atoms. The van der Waals surface area contributed by atoms with Crippen molar-refractivity contribution >= 4 is 23.4 Å². The van der Waals surface area contributed by atoms with E-state index in [1.807, 2.05) is 4.90 Å². The van der Waals surface area contributed by atoms with Gasteiger partial charge in [-0.25, -0.2) is 27.9 Å². The molecule has 182 valence electrons. The van der Waals surface area contributed by atoms with Crippen molar-refractivity contribution in [2.45, 2.75) is 44.6 Å². The van der Waals surface area contributed by atoms with Gasteiger partial charge in [-0.05, 0) is 18.5 Å². The quantitative estimate of drug-likeness (QED) is 0.631. The fourth-order valence-electron chi connectivity index (χ4n) is 4.79. The lowest BCUT2D eigenvalue weighted by molar-refractivity contribution is -0.000539. The Bertz CT molecular complexity index is 1090. The monoisotopic (exact) mass is 496 g/mol. The number of aromatic nitrogens is 2. The van der Waals surface area contributed by atoms with E-state index in [9.17, 15) is 18.0 Å².